The zero-order chi connectivity index (χ0) is 33.5. The fourth-order valence-electron chi connectivity index (χ4n) is 7.89. The molecule has 0 radical (unpaired) electrons. The van der Waals surface area contributed by atoms with E-state index in [2.05, 4.69) is 164 Å². The predicted octanol–water partition coefficient (Wildman–Crippen LogP) is 10.2. The Kier molecular flexibility index (Phi) is 5.83. The van der Waals surface area contributed by atoms with Crippen LogP contribution in [0.5, 0.6) is 0 Å². The molecule has 0 atom stereocenters. The van der Waals surface area contributed by atoms with Crippen molar-refractivity contribution in [2.24, 2.45) is 0 Å². The molecule has 5 heterocycles. The highest BCUT2D eigenvalue weighted by Crippen LogP contribution is 2.37. The van der Waals surface area contributed by atoms with Crippen LogP contribution in [0.3, 0.4) is 0 Å². The minimum atomic E-state index is 0.541. The number of rotatable bonds is 4. The van der Waals surface area contributed by atoms with Crippen molar-refractivity contribution >= 4 is 65.4 Å². The molecule has 11 rings (SSSR count). The van der Waals surface area contributed by atoms with Crippen LogP contribution in [-0.2, 0) is 0 Å². The van der Waals surface area contributed by atoms with E-state index in [1.54, 1.807) is 0 Å². The van der Waals surface area contributed by atoms with Crippen molar-refractivity contribution in [2.45, 2.75) is 0 Å². The molecular formula is C44H27N7. The molecule has 11 aromatic rings. The Hall–Kier alpha value is -7.12. The minimum Gasteiger partial charge on any atom is -0.307 e. The lowest BCUT2D eigenvalue weighted by Gasteiger charge is -2.15. The lowest BCUT2D eigenvalue weighted by atomic mass is 10.2. The van der Waals surface area contributed by atoms with E-state index in [4.69, 9.17) is 15.0 Å². The molecule has 0 spiro atoms. The lowest BCUT2D eigenvalue weighted by Crippen LogP contribution is -2.11. The zero-order valence-electron chi connectivity index (χ0n) is 27.2. The van der Waals surface area contributed by atoms with Crippen LogP contribution >= 0.6 is 0 Å². The molecule has 51 heavy (non-hydrogen) atoms. The maximum absolute atomic E-state index is 5.33. The van der Waals surface area contributed by atoms with Gasteiger partial charge in [-0.05, 0) is 42.5 Å². The predicted molar refractivity (Wildman–Crippen MR) is 206 cm³/mol. The van der Waals surface area contributed by atoms with Gasteiger partial charge in [0, 0.05) is 44.1 Å². The van der Waals surface area contributed by atoms with Gasteiger partial charge in [0.25, 0.3) is 0 Å². The number of hydrogen-bond acceptors (Lipinski definition) is 4. The number of nitrogens with zero attached hydrogens (tertiary/aromatic N) is 7. The third-order valence-electron chi connectivity index (χ3n) is 10.0. The third-order valence-corrected chi connectivity index (χ3v) is 10.0. The van der Waals surface area contributed by atoms with E-state index in [1.807, 2.05) is 18.5 Å². The van der Waals surface area contributed by atoms with Gasteiger partial charge in [0.15, 0.2) is 5.82 Å². The fraction of sp³-hybridized carbons (Fsp3) is 0. The highest BCUT2D eigenvalue weighted by atomic mass is 15.3. The van der Waals surface area contributed by atoms with E-state index >= 15 is 0 Å². The smallest absolute Gasteiger partial charge is 0.240 e. The second-order valence-corrected chi connectivity index (χ2v) is 12.8. The average molecular weight is 654 g/mol. The molecule has 0 unspecified atom stereocenters. The highest BCUT2D eigenvalue weighted by Gasteiger charge is 2.22. The number of para-hydroxylation sites is 6. The molecule has 5 aromatic heterocycles. The van der Waals surface area contributed by atoms with Crippen LogP contribution in [0.1, 0.15) is 0 Å². The van der Waals surface area contributed by atoms with Gasteiger partial charge in [-0.2, -0.15) is 15.0 Å². The van der Waals surface area contributed by atoms with Crippen molar-refractivity contribution in [2.75, 3.05) is 0 Å². The van der Waals surface area contributed by atoms with Crippen molar-refractivity contribution in [3.63, 3.8) is 0 Å². The first-order valence-corrected chi connectivity index (χ1v) is 17.0. The summed E-state index contributed by atoms with van der Waals surface area (Å²) in [5.41, 5.74) is 8.04. The summed E-state index contributed by atoms with van der Waals surface area (Å²) in [6.45, 7) is 0. The summed E-state index contributed by atoms with van der Waals surface area (Å²) in [6, 6.07) is 52.8. The second kappa shape index (κ2) is 10.7. The molecule has 0 aliphatic heterocycles. The maximum Gasteiger partial charge on any atom is 0.240 e. The number of pyridine rings is 1. The Balaban J connectivity index is 1.27. The Bertz CT molecular complexity index is 2870. The lowest BCUT2D eigenvalue weighted by molar-refractivity contribution is 0.891. The largest absolute Gasteiger partial charge is 0.307 e. The Labute approximate surface area is 291 Å². The molecule has 7 nitrogen and oxygen atoms in total. The molecule has 0 bridgehead atoms. The van der Waals surface area contributed by atoms with Crippen LogP contribution in [0.15, 0.2) is 164 Å². The quantitative estimate of drug-likeness (QED) is 0.190. The summed E-state index contributed by atoms with van der Waals surface area (Å²) in [5, 5.41) is 6.92. The summed E-state index contributed by atoms with van der Waals surface area (Å²) in [5.74, 6) is 1.64. The van der Waals surface area contributed by atoms with Gasteiger partial charge >= 0.3 is 0 Å². The average Bonchev–Trinajstić information content (AvgIpc) is 3.84. The van der Waals surface area contributed by atoms with Crippen LogP contribution < -0.4 is 0 Å². The first kappa shape index (κ1) is 27.8. The number of aromatic nitrogens is 7. The van der Waals surface area contributed by atoms with E-state index in [9.17, 15) is 0 Å². The van der Waals surface area contributed by atoms with Gasteiger partial charge in [-0.1, -0.05) is 109 Å². The van der Waals surface area contributed by atoms with Gasteiger partial charge in [-0.25, -0.2) is 0 Å². The molecule has 6 aromatic carbocycles. The van der Waals surface area contributed by atoms with E-state index < -0.39 is 0 Å². The van der Waals surface area contributed by atoms with Gasteiger partial charge in [0.2, 0.25) is 11.9 Å². The molecule has 0 N–H and O–H groups in total. The number of hydrogen-bond donors (Lipinski definition) is 0. The molecule has 0 amide bonds. The van der Waals surface area contributed by atoms with Crippen LogP contribution in [0.4, 0.5) is 0 Å². The van der Waals surface area contributed by atoms with E-state index in [1.165, 1.54) is 10.8 Å². The maximum atomic E-state index is 5.33. The molecule has 0 saturated carbocycles. The summed E-state index contributed by atoms with van der Waals surface area (Å²) in [6.07, 6.45) is 3.73. The van der Waals surface area contributed by atoms with E-state index in [-0.39, 0.29) is 0 Å². The standard InChI is InChI=1S/C44H27N7/c1-7-19-35-28(13-1)29-14-2-8-20-36(29)49(35)41-27-45-26-25-34(41)42-46-43(50-37-21-9-3-15-30(37)31-16-4-10-22-38(31)50)48-44(47-42)51-39-23-11-5-17-32(39)33-18-6-12-24-40(33)51/h1-27H. The van der Waals surface area contributed by atoms with Crippen LogP contribution in [-0.4, -0.2) is 33.6 Å². The van der Waals surface area contributed by atoms with Crippen LogP contribution in [0.25, 0.3) is 94.4 Å². The minimum absolute atomic E-state index is 0.541. The topological polar surface area (TPSA) is 66.3 Å². The molecule has 7 heteroatoms. The van der Waals surface area contributed by atoms with Gasteiger partial charge in [0.1, 0.15) is 0 Å². The van der Waals surface area contributed by atoms with Crippen molar-refractivity contribution in [1.82, 2.24) is 33.6 Å². The van der Waals surface area contributed by atoms with Crippen LogP contribution in [0, 0.1) is 0 Å². The van der Waals surface area contributed by atoms with E-state index in [0.29, 0.717) is 17.7 Å². The first-order chi connectivity index (χ1) is 25.3. The summed E-state index contributed by atoms with van der Waals surface area (Å²) < 4.78 is 6.60. The fourth-order valence-corrected chi connectivity index (χ4v) is 7.89. The highest BCUT2D eigenvalue weighted by molar-refractivity contribution is 6.11. The normalized spacial score (nSPS) is 11.9. The van der Waals surface area contributed by atoms with Crippen molar-refractivity contribution < 1.29 is 0 Å². The number of benzene rings is 6. The van der Waals surface area contributed by atoms with Gasteiger partial charge in [0.05, 0.1) is 45.0 Å². The molecular weight excluding hydrogens is 627 g/mol. The van der Waals surface area contributed by atoms with Crippen LogP contribution in [0.2, 0.25) is 0 Å². The third kappa shape index (κ3) is 4.00. The van der Waals surface area contributed by atoms with Crippen molar-refractivity contribution in [3.8, 4) is 29.0 Å². The monoisotopic (exact) mass is 653 g/mol. The van der Waals surface area contributed by atoms with Gasteiger partial charge < -0.3 is 4.57 Å². The number of fused-ring (bicyclic) bond motifs is 9. The SMILES string of the molecule is c1ccc2c(c1)c1ccccc1n2-c1nc(-c2ccncc2-n2c3ccccc3c3ccccc32)nc(-n2c3ccccc3c3ccccc32)n1. The van der Waals surface area contributed by atoms with Crippen molar-refractivity contribution in [1.29, 1.82) is 0 Å². The molecule has 0 saturated heterocycles. The molecule has 0 aliphatic rings. The molecule has 238 valence electrons. The van der Waals surface area contributed by atoms with Gasteiger partial charge in [-0.3, -0.25) is 14.1 Å². The first-order valence-electron chi connectivity index (χ1n) is 17.0. The van der Waals surface area contributed by atoms with Crippen molar-refractivity contribution in [3.05, 3.63) is 164 Å². The Morgan fingerprint density at radius 2 is 0.667 bits per heavy atom. The summed E-state index contributed by atoms with van der Waals surface area (Å²) >= 11 is 0. The van der Waals surface area contributed by atoms with E-state index in [0.717, 1.165) is 65.9 Å². The van der Waals surface area contributed by atoms with Gasteiger partial charge in [-0.15, -0.1) is 0 Å². The summed E-state index contributed by atoms with van der Waals surface area (Å²) in [4.78, 5) is 20.6. The molecule has 0 aliphatic carbocycles. The molecule has 0 fully saturated rings. The summed E-state index contributed by atoms with van der Waals surface area (Å²) in [7, 11) is 0. The Morgan fingerprint density at radius 3 is 1.04 bits per heavy atom. The Morgan fingerprint density at radius 1 is 0.333 bits per heavy atom. The zero-order valence-corrected chi connectivity index (χ0v) is 27.2. The second-order valence-electron chi connectivity index (χ2n) is 12.8.